The van der Waals surface area contributed by atoms with Crippen LogP contribution in [-0.4, -0.2) is 48.2 Å². The highest BCUT2D eigenvalue weighted by molar-refractivity contribution is 7.88. The number of rotatable bonds is 12. The average Bonchev–Trinajstić information content (AvgIpc) is 2.63. The molecule has 0 heterocycles. The molecule has 3 N–H and O–H groups in total. The van der Waals surface area contributed by atoms with E-state index in [0.29, 0.717) is 12.5 Å². The highest BCUT2D eigenvalue weighted by Gasteiger charge is 2.08. The number of sulfonamides is 1. The summed E-state index contributed by atoms with van der Waals surface area (Å²) in [5.41, 5.74) is 1.76. The Bertz CT molecular complexity index is 648. The van der Waals surface area contributed by atoms with Crippen LogP contribution in [0.3, 0.4) is 0 Å². The van der Waals surface area contributed by atoms with E-state index in [1.165, 1.54) is 7.05 Å². The maximum Gasteiger partial charge on any atom is 0.215 e. The van der Waals surface area contributed by atoms with Gasteiger partial charge in [0.2, 0.25) is 10.0 Å². The molecule has 0 aliphatic rings. The first-order chi connectivity index (χ1) is 12.5. The topological polar surface area (TPSA) is 91.8 Å². The zero-order valence-corrected chi connectivity index (χ0v) is 16.9. The molecule has 0 unspecified atom stereocenters. The molecular formula is C18H32N4O3S. The van der Waals surface area contributed by atoms with Gasteiger partial charge in [-0.2, -0.15) is 0 Å². The Hall–Kier alpha value is -1.64. The van der Waals surface area contributed by atoms with Crippen LogP contribution in [0.1, 0.15) is 37.3 Å². The van der Waals surface area contributed by atoms with Crippen LogP contribution < -0.4 is 15.4 Å². The molecule has 26 heavy (non-hydrogen) atoms. The third kappa shape index (κ3) is 9.74. The summed E-state index contributed by atoms with van der Waals surface area (Å²) in [6.45, 7) is 5.07. The first kappa shape index (κ1) is 22.4. The van der Waals surface area contributed by atoms with Crippen LogP contribution >= 0.6 is 0 Å². The van der Waals surface area contributed by atoms with E-state index >= 15 is 0 Å². The largest absolute Gasteiger partial charge is 0.381 e. The highest BCUT2D eigenvalue weighted by Crippen LogP contribution is 2.08. The van der Waals surface area contributed by atoms with Crippen molar-refractivity contribution in [1.82, 2.24) is 15.4 Å². The molecule has 0 saturated heterocycles. The predicted octanol–water partition coefficient (Wildman–Crippen LogP) is 1.61. The summed E-state index contributed by atoms with van der Waals surface area (Å²) in [7, 11) is -0.120. The van der Waals surface area contributed by atoms with E-state index in [1.54, 1.807) is 7.05 Å². The molecular weight excluding hydrogens is 352 g/mol. The van der Waals surface area contributed by atoms with Crippen LogP contribution in [0.15, 0.2) is 29.3 Å². The number of hydrogen-bond acceptors (Lipinski definition) is 4. The minimum atomic E-state index is -3.27. The number of nitrogens with zero attached hydrogens (tertiary/aromatic N) is 1. The third-order valence-electron chi connectivity index (χ3n) is 3.74. The molecule has 0 saturated carbocycles. The SMILES string of the molecule is CCCCOCCCNC(=NC)NCc1cccc(CS(=O)(=O)NC)c1. The van der Waals surface area contributed by atoms with E-state index in [0.717, 1.165) is 50.1 Å². The molecule has 0 aromatic heterocycles. The van der Waals surface area contributed by atoms with E-state index in [2.05, 4.69) is 27.3 Å². The van der Waals surface area contributed by atoms with Crippen LogP contribution in [0.2, 0.25) is 0 Å². The second-order valence-corrected chi connectivity index (χ2v) is 7.88. The lowest BCUT2D eigenvalue weighted by atomic mass is 10.1. The van der Waals surface area contributed by atoms with Crippen molar-refractivity contribution < 1.29 is 13.2 Å². The molecule has 1 rings (SSSR count). The van der Waals surface area contributed by atoms with Crippen molar-refractivity contribution in [1.29, 1.82) is 0 Å². The van der Waals surface area contributed by atoms with E-state index in [-0.39, 0.29) is 5.75 Å². The maximum absolute atomic E-state index is 11.7. The van der Waals surface area contributed by atoms with Crippen molar-refractivity contribution in [2.45, 2.75) is 38.5 Å². The molecule has 1 aromatic rings. The number of benzene rings is 1. The molecule has 0 spiro atoms. The van der Waals surface area contributed by atoms with Gasteiger partial charge < -0.3 is 15.4 Å². The minimum Gasteiger partial charge on any atom is -0.381 e. The molecule has 0 aliphatic heterocycles. The molecule has 8 heteroatoms. The fraction of sp³-hybridized carbons (Fsp3) is 0.611. The minimum absolute atomic E-state index is 0.0255. The van der Waals surface area contributed by atoms with E-state index in [1.807, 2.05) is 24.3 Å². The van der Waals surface area contributed by atoms with Gasteiger partial charge >= 0.3 is 0 Å². The molecule has 0 aliphatic carbocycles. The van der Waals surface area contributed by atoms with Crippen molar-refractivity contribution in [2.75, 3.05) is 33.9 Å². The average molecular weight is 385 g/mol. The monoisotopic (exact) mass is 384 g/mol. The highest BCUT2D eigenvalue weighted by atomic mass is 32.2. The Labute approximate surface area is 157 Å². The second-order valence-electron chi connectivity index (χ2n) is 5.96. The number of ether oxygens (including phenoxy) is 1. The van der Waals surface area contributed by atoms with Gasteiger partial charge in [-0.05, 0) is 31.0 Å². The van der Waals surface area contributed by atoms with Gasteiger partial charge in [0.1, 0.15) is 0 Å². The maximum atomic E-state index is 11.7. The van der Waals surface area contributed by atoms with Gasteiger partial charge in [-0.25, -0.2) is 13.1 Å². The van der Waals surface area contributed by atoms with Gasteiger partial charge in [0.05, 0.1) is 5.75 Å². The first-order valence-corrected chi connectivity index (χ1v) is 10.7. The summed E-state index contributed by atoms with van der Waals surface area (Å²) >= 11 is 0. The normalized spacial score (nSPS) is 12.2. The molecule has 0 bridgehead atoms. The Morgan fingerprint density at radius 1 is 1.15 bits per heavy atom. The van der Waals surface area contributed by atoms with Gasteiger partial charge in [-0.15, -0.1) is 0 Å². The molecule has 148 valence electrons. The molecule has 7 nitrogen and oxygen atoms in total. The predicted molar refractivity (Wildman–Crippen MR) is 107 cm³/mol. The Morgan fingerprint density at radius 2 is 1.88 bits per heavy atom. The number of unbranched alkanes of at least 4 members (excludes halogenated alkanes) is 1. The van der Waals surface area contributed by atoms with Crippen molar-refractivity contribution in [3.63, 3.8) is 0 Å². The summed E-state index contributed by atoms with van der Waals surface area (Å²) in [5.74, 6) is 0.689. The summed E-state index contributed by atoms with van der Waals surface area (Å²) in [6, 6.07) is 7.51. The number of hydrogen-bond donors (Lipinski definition) is 3. The summed E-state index contributed by atoms with van der Waals surface area (Å²) in [6.07, 6.45) is 3.17. The lowest BCUT2D eigenvalue weighted by Crippen LogP contribution is -2.37. The first-order valence-electron chi connectivity index (χ1n) is 9.02. The van der Waals surface area contributed by atoms with Crippen LogP contribution in [0.4, 0.5) is 0 Å². The summed E-state index contributed by atoms with van der Waals surface area (Å²) < 4.78 is 31.2. The van der Waals surface area contributed by atoms with E-state index in [4.69, 9.17) is 4.74 Å². The fourth-order valence-electron chi connectivity index (χ4n) is 2.26. The van der Waals surface area contributed by atoms with Crippen molar-refractivity contribution in [3.05, 3.63) is 35.4 Å². The van der Waals surface area contributed by atoms with Crippen molar-refractivity contribution in [2.24, 2.45) is 4.99 Å². The summed E-state index contributed by atoms with van der Waals surface area (Å²) in [4.78, 5) is 4.19. The van der Waals surface area contributed by atoms with Gasteiger partial charge in [0.15, 0.2) is 5.96 Å². The van der Waals surface area contributed by atoms with Gasteiger partial charge in [0, 0.05) is 33.4 Å². The molecule has 0 amide bonds. The lowest BCUT2D eigenvalue weighted by Gasteiger charge is -2.12. The third-order valence-corrected chi connectivity index (χ3v) is 5.08. The fourth-order valence-corrected chi connectivity index (χ4v) is 3.02. The Kier molecular flexibility index (Phi) is 10.9. The molecule has 1 aromatic carbocycles. The molecule has 0 atom stereocenters. The van der Waals surface area contributed by atoms with E-state index in [9.17, 15) is 8.42 Å². The zero-order valence-electron chi connectivity index (χ0n) is 16.0. The standard InChI is InChI=1S/C18H32N4O3S/c1-4-5-11-25-12-7-10-21-18(19-2)22-14-16-8-6-9-17(13-16)15-26(23,24)20-3/h6,8-9,13,20H,4-5,7,10-12,14-15H2,1-3H3,(H2,19,21,22). The Morgan fingerprint density at radius 3 is 2.58 bits per heavy atom. The Balaban J connectivity index is 2.37. The van der Waals surface area contributed by atoms with Gasteiger partial charge in [0.25, 0.3) is 0 Å². The number of aliphatic imine (C=N–C) groups is 1. The lowest BCUT2D eigenvalue weighted by molar-refractivity contribution is 0.129. The van der Waals surface area contributed by atoms with Crippen LogP contribution in [0.5, 0.6) is 0 Å². The molecule has 0 radical (unpaired) electrons. The van der Waals surface area contributed by atoms with Crippen molar-refractivity contribution in [3.8, 4) is 0 Å². The quantitative estimate of drug-likeness (QED) is 0.289. The van der Waals surface area contributed by atoms with E-state index < -0.39 is 10.0 Å². The van der Waals surface area contributed by atoms with Crippen LogP contribution in [0, 0.1) is 0 Å². The summed E-state index contributed by atoms with van der Waals surface area (Å²) in [5, 5.41) is 6.48. The smallest absolute Gasteiger partial charge is 0.215 e. The number of guanidine groups is 1. The van der Waals surface area contributed by atoms with Crippen molar-refractivity contribution >= 4 is 16.0 Å². The molecule has 0 fully saturated rings. The zero-order chi connectivity index (χ0) is 19.3. The van der Waals surface area contributed by atoms with Gasteiger partial charge in [-0.1, -0.05) is 37.6 Å². The van der Waals surface area contributed by atoms with Crippen LogP contribution in [-0.2, 0) is 27.1 Å². The van der Waals surface area contributed by atoms with Crippen LogP contribution in [0.25, 0.3) is 0 Å². The number of nitrogens with one attached hydrogen (secondary N) is 3. The van der Waals surface area contributed by atoms with Gasteiger partial charge in [-0.3, -0.25) is 4.99 Å². The second kappa shape index (κ2) is 12.7.